The molecule has 0 aromatic heterocycles. The highest BCUT2D eigenvalue weighted by atomic mass is 16.4. The van der Waals surface area contributed by atoms with Crippen molar-refractivity contribution in [2.75, 3.05) is 13.2 Å². The summed E-state index contributed by atoms with van der Waals surface area (Å²) in [6.07, 6.45) is 19.6. The summed E-state index contributed by atoms with van der Waals surface area (Å²) < 4.78 is 0. The van der Waals surface area contributed by atoms with E-state index < -0.39 is 17.8 Å². The van der Waals surface area contributed by atoms with Gasteiger partial charge in [0.1, 0.15) is 0 Å². The second kappa shape index (κ2) is 17.9. The van der Waals surface area contributed by atoms with E-state index in [-0.39, 0.29) is 13.2 Å². The highest BCUT2D eigenvalue weighted by molar-refractivity contribution is 5.70. The standard InChI is InChI=1S/C21H40O4/c1-2-3-4-5-6-7-8-9-10-11-12-13-14-15-16-20(21(24)25)19(17-22)18-23/h9-10,19-20,22-23H,2-8,11-18H2,1H3,(H,24,25). The molecule has 0 rings (SSSR count). The predicted molar refractivity (Wildman–Crippen MR) is 104 cm³/mol. The number of hydrogen-bond donors (Lipinski definition) is 3. The first kappa shape index (κ1) is 24.1. The fraction of sp³-hybridized carbons (Fsp3) is 0.857. The first-order valence-electron chi connectivity index (χ1n) is 10.3. The van der Waals surface area contributed by atoms with E-state index in [9.17, 15) is 9.90 Å². The van der Waals surface area contributed by atoms with Crippen molar-refractivity contribution in [2.45, 2.75) is 90.4 Å². The van der Waals surface area contributed by atoms with E-state index in [2.05, 4.69) is 19.1 Å². The van der Waals surface area contributed by atoms with E-state index >= 15 is 0 Å². The molecule has 148 valence electrons. The second-order valence-electron chi connectivity index (χ2n) is 7.09. The molecule has 0 aliphatic carbocycles. The van der Waals surface area contributed by atoms with Crippen LogP contribution in [0.5, 0.6) is 0 Å². The summed E-state index contributed by atoms with van der Waals surface area (Å²) in [4.78, 5) is 11.2. The third-order valence-electron chi connectivity index (χ3n) is 4.88. The molecule has 0 aromatic carbocycles. The Labute approximate surface area is 154 Å². The Balaban J connectivity index is 3.53. The van der Waals surface area contributed by atoms with Gasteiger partial charge in [0, 0.05) is 19.1 Å². The minimum Gasteiger partial charge on any atom is -0.481 e. The zero-order valence-corrected chi connectivity index (χ0v) is 16.2. The van der Waals surface area contributed by atoms with E-state index in [0.717, 1.165) is 32.1 Å². The van der Waals surface area contributed by atoms with Crippen LogP contribution in [0.3, 0.4) is 0 Å². The van der Waals surface area contributed by atoms with Crippen molar-refractivity contribution >= 4 is 5.97 Å². The van der Waals surface area contributed by atoms with Crippen molar-refractivity contribution in [1.82, 2.24) is 0 Å². The molecular weight excluding hydrogens is 316 g/mol. The third-order valence-corrected chi connectivity index (χ3v) is 4.88. The van der Waals surface area contributed by atoms with Crippen LogP contribution < -0.4 is 0 Å². The van der Waals surface area contributed by atoms with Crippen molar-refractivity contribution < 1.29 is 20.1 Å². The Kier molecular flexibility index (Phi) is 17.3. The summed E-state index contributed by atoms with van der Waals surface area (Å²) in [5.74, 6) is -2.08. The van der Waals surface area contributed by atoms with E-state index in [0.29, 0.717) is 6.42 Å². The Morgan fingerprint density at radius 2 is 1.28 bits per heavy atom. The molecule has 0 radical (unpaired) electrons. The fourth-order valence-electron chi connectivity index (χ4n) is 3.13. The lowest BCUT2D eigenvalue weighted by atomic mass is 9.88. The van der Waals surface area contributed by atoms with Crippen LogP contribution >= 0.6 is 0 Å². The van der Waals surface area contributed by atoms with Crippen molar-refractivity contribution in [3.8, 4) is 0 Å². The topological polar surface area (TPSA) is 77.8 Å². The zero-order chi connectivity index (χ0) is 18.8. The molecule has 3 N–H and O–H groups in total. The number of aliphatic hydroxyl groups is 2. The Morgan fingerprint density at radius 1 is 0.800 bits per heavy atom. The predicted octanol–water partition coefficient (Wildman–Crippen LogP) is 4.94. The molecule has 0 fully saturated rings. The molecule has 25 heavy (non-hydrogen) atoms. The Bertz CT molecular complexity index is 324. The highest BCUT2D eigenvalue weighted by Crippen LogP contribution is 2.20. The number of carboxylic acids is 1. The molecule has 0 amide bonds. The molecule has 1 atom stereocenters. The van der Waals surface area contributed by atoms with Gasteiger partial charge in [-0.3, -0.25) is 4.79 Å². The quantitative estimate of drug-likeness (QED) is 0.240. The minimum atomic E-state index is -0.911. The number of carbonyl (C=O) groups is 1. The first-order chi connectivity index (χ1) is 12.2. The number of hydrogen-bond acceptors (Lipinski definition) is 3. The second-order valence-corrected chi connectivity index (χ2v) is 7.09. The SMILES string of the molecule is CCCCCCCCC=CCCCCCCC(C(=O)O)C(CO)CO. The molecule has 0 aliphatic rings. The molecule has 0 bridgehead atoms. The molecule has 4 heteroatoms. The molecular formula is C21H40O4. The molecule has 1 unspecified atom stereocenters. The van der Waals surface area contributed by atoms with Crippen LogP contribution in [-0.4, -0.2) is 34.5 Å². The van der Waals surface area contributed by atoms with Crippen molar-refractivity contribution in [2.24, 2.45) is 11.8 Å². The summed E-state index contributed by atoms with van der Waals surface area (Å²) in [6.45, 7) is 1.71. The maximum atomic E-state index is 11.2. The van der Waals surface area contributed by atoms with Gasteiger partial charge in [0.2, 0.25) is 0 Å². The smallest absolute Gasteiger partial charge is 0.306 e. The van der Waals surface area contributed by atoms with E-state index in [1.54, 1.807) is 0 Å². The van der Waals surface area contributed by atoms with Gasteiger partial charge in [-0.05, 0) is 32.1 Å². The van der Waals surface area contributed by atoms with Gasteiger partial charge in [-0.25, -0.2) is 0 Å². The number of aliphatic hydroxyl groups excluding tert-OH is 2. The molecule has 0 aliphatic heterocycles. The summed E-state index contributed by atoms with van der Waals surface area (Å²) in [6, 6.07) is 0. The lowest BCUT2D eigenvalue weighted by molar-refractivity contribution is -0.145. The third kappa shape index (κ3) is 14.0. The maximum absolute atomic E-state index is 11.2. The largest absolute Gasteiger partial charge is 0.481 e. The number of rotatable bonds is 18. The average Bonchev–Trinajstić information content (AvgIpc) is 2.61. The van der Waals surface area contributed by atoms with E-state index in [4.69, 9.17) is 10.2 Å². The van der Waals surface area contributed by atoms with Crippen LogP contribution in [0, 0.1) is 11.8 Å². The molecule has 0 saturated carbocycles. The molecule has 0 saturated heterocycles. The van der Waals surface area contributed by atoms with Gasteiger partial charge in [-0.15, -0.1) is 0 Å². The number of allylic oxidation sites excluding steroid dienone is 2. The van der Waals surface area contributed by atoms with Gasteiger partial charge >= 0.3 is 5.97 Å². The van der Waals surface area contributed by atoms with Crippen molar-refractivity contribution in [1.29, 1.82) is 0 Å². The summed E-state index contributed by atoms with van der Waals surface area (Å²) >= 11 is 0. The van der Waals surface area contributed by atoms with Crippen LogP contribution in [-0.2, 0) is 4.79 Å². The molecule has 0 heterocycles. The lowest BCUT2D eigenvalue weighted by Crippen LogP contribution is -2.29. The van der Waals surface area contributed by atoms with Gasteiger partial charge in [0.15, 0.2) is 0 Å². The summed E-state index contributed by atoms with van der Waals surface area (Å²) in [7, 11) is 0. The van der Waals surface area contributed by atoms with Gasteiger partial charge in [-0.2, -0.15) is 0 Å². The lowest BCUT2D eigenvalue weighted by Gasteiger charge is -2.19. The normalized spacial score (nSPS) is 13.0. The minimum absolute atomic E-state index is 0.267. The van der Waals surface area contributed by atoms with Crippen molar-refractivity contribution in [3.05, 3.63) is 12.2 Å². The molecule has 4 nitrogen and oxygen atoms in total. The molecule has 0 spiro atoms. The average molecular weight is 357 g/mol. The van der Waals surface area contributed by atoms with Gasteiger partial charge in [0.05, 0.1) is 5.92 Å². The van der Waals surface area contributed by atoms with Crippen LogP contribution in [0.1, 0.15) is 90.4 Å². The number of carboxylic acid groups (broad SMARTS) is 1. The number of aliphatic carboxylic acids is 1. The van der Waals surface area contributed by atoms with Gasteiger partial charge in [-0.1, -0.05) is 70.4 Å². The number of unbranched alkanes of at least 4 members (excludes halogenated alkanes) is 10. The molecule has 0 aromatic rings. The van der Waals surface area contributed by atoms with Crippen LogP contribution in [0.2, 0.25) is 0 Å². The van der Waals surface area contributed by atoms with E-state index in [1.165, 1.54) is 44.9 Å². The van der Waals surface area contributed by atoms with Gasteiger partial charge in [0.25, 0.3) is 0 Å². The Hall–Kier alpha value is -0.870. The monoisotopic (exact) mass is 356 g/mol. The first-order valence-corrected chi connectivity index (χ1v) is 10.3. The van der Waals surface area contributed by atoms with Crippen molar-refractivity contribution in [3.63, 3.8) is 0 Å². The van der Waals surface area contributed by atoms with Crippen LogP contribution in [0.4, 0.5) is 0 Å². The maximum Gasteiger partial charge on any atom is 0.306 e. The van der Waals surface area contributed by atoms with E-state index in [1.807, 2.05) is 0 Å². The van der Waals surface area contributed by atoms with Gasteiger partial charge < -0.3 is 15.3 Å². The summed E-state index contributed by atoms with van der Waals surface area (Å²) in [5.41, 5.74) is 0. The zero-order valence-electron chi connectivity index (χ0n) is 16.2. The Morgan fingerprint density at radius 3 is 1.76 bits per heavy atom. The highest BCUT2D eigenvalue weighted by Gasteiger charge is 2.26. The van der Waals surface area contributed by atoms with Crippen LogP contribution in [0.15, 0.2) is 12.2 Å². The fourth-order valence-corrected chi connectivity index (χ4v) is 3.13. The van der Waals surface area contributed by atoms with Crippen LogP contribution in [0.25, 0.3) is 0 Å². The summed E-state index contributed by atoms with van der Waals surface area (Å²) in [5, 5.41) is 27.4.